The SMILES string of the molecule is C=CCN1CCC(NC(=O)C(N)c2ccc(C)cc2)CC1. The van der Waals surface area contributed by atoms with Crippen LogP contribution in [-0.2, 0) is 4.79 Å². The molecule has 1 atom stereocenters. The Kier molecular flexibility index (Phi) is 5.53. The molecule has 21 heavy (non-hydrogen) atoms. The Bertz CT molecular complexity index is 475. The van der Waals surface area contributed by atoms with Crippen molar-refractivity contribution in [2.45, 2.75) is 31.8 Å². The van der Waals surface area contributed by atoms with Crippen LogP contribution in [0.25, 0.3) is 0 Å². The predicted molar refractivity (Wildman–Crippen MR) is 85.9 cm³/mol. The highest BCUT2D eigenvalue weighted by Crippen LogP contribution is 2.14. The van der Waals surface area contributed by atoms with E-state index in [1.165, 1.54) is 5.56 Å². The van der Waals surface area contributed by atoms with Crippen LogP contribution < -0.4 is 11.1 Å². The molecule has 1 saturated heterocycles. The molecule has 1 aliphatic rings. The minimum atomic E-state index is -0.586. The second-order valence-electron chi connectivity index (χ2n) is 5.76. The second kappa shape index (κ2) is 7.38. The van der Waals surface area contributed by atoms with Crippen LogP contribution in [0.4, 0.5) is 0 Å². The number of amides is 1. The van der Waals surface area contributed by atoms with Crippen LogP contribution in [0.5, 0.6) is 0 Å². The summed E-state index contributed by atoms with van der Waals surface area (Å²) in [7, 11) is 0. The first kappa shape index (κ1) is 15.7. The van der Waals surface area contributed by atoms with Crippen molar-refractivity contribution in [2.24, 2.45) is 5.73 Å². The molecule has 0 aliphatic carbocycles. The van der Waals surface area contributed by atoms with Gasteiger partial charge in [-0.25, -0.2) is 0 Å². The zero-order valence-electron chi connectivity index (χ0n) is 12.7. The first-order valence-corrected chi connectivity index (χ1v) is 7.56. The van der Waals surface area contributed by atoms with Gasteiger partial charge in [0.1, 0.15) is 6.04 Å². The van der Waals surface area contributed by atoms with Gasteiger partial charge in [0.2, 0.25) is 5.91 Å². The average Bonchev–Trinajstić information content (AvgIpc) is 2.49. The highest BCUT2D eigenvalue weighted by molar-refractivity contribution is 5.83. The van der Waals surface area contributed by atoms with E-state index in [1.807, 2.05) is 37.3 Å². The van der Waals surface area contributed by atoms with E-state index in [9.17, 15) is 4.79 Å². The summed E-state index contributed by atoms with van der Waals surface area (Å²) in [5.41, 5.74) is 8.08. The average molecular weight is 287 g/mol. The summed E-state index contributed by atoms with van der Waals surface area (Å²) in [5.74, 6) is -0.0824. The van der Waals surface area contributed by atoms with Crippen LogP contribution in [0, 0.1) is 6.92 Å². The third-order valence-corrected chi connectivity index (χ3v) is 4.04. The zero-order chi connectivity index (χ0) is 15.2. The Hall–Kier alpha value is -1.65. The molecule has 1 amide bonds. The summed E-state index contributed by atoms with van der Waals surface area (Å²) in [6.07, 6.45) is 3.87. The fourth-order valence-corrected chi connectivity index (χ4v) is 2.66. The van der Waals surface area contributed by atoms with Crippen LogP contribution in [0.2, 0.25) is 0 Å². The molecule has 3 N–H and O–H groups in total. The van der Waals surface area contributed by atoms with Gasteiger partial charge < -0.3 is 11.1 Å². The van der Waals surface area contributed by atoms with Crippen molar-refractivity contribution < 1.29 is 4.79 Å². The summed E-state index contributed by atoms with van der Waals surface area (Å²) in [6.45, 7) is 8.69. The third kappa shape index (κ3) is 4.41. The highest BCUT2D eigenvalue weighted by Gasteiger charge is 2.23. The standard InChI is InChI=1S/C17H25N3O/c1-3-10-20-11-8-15(9-12-20)19-17(21)16(18)14-6-4-13(2)5-7-14/h3-7,15-16H,1,8-12,18H2,2H3,(H,19,21). The van der Waals surface area contributed by atoms with Crippen LogP contribution >= 0.6 is 0 Å². The number of nitrogens with one attached hydrogen (secondary N) is 1. The Labute approximate surface area is 127 Å². The number of nitrogens with zero attached hydrogens (tertiary/aromatic N) is 1. The van der Waals surface area contributed by atoms with Crippen molar-refractivity contribution in [3.8, 4) is 0 Å². The minimum Gasteiger partial charge on any atom is -0.352 e. The number of hydrogen-bond acceptors (Lipinski definition) is 3. The van der Waals surface area contributed by atoms with Crippen LogP contribution in [0.1, 0.15) is 30.0 Å². The Balaban J connectivity index is 1.84. The number of hydrogen-bond donors (Lipinski definition) is 2. The Morgan fingerprint density at radius 3 is 2.62 bits per heavy atom. The van der Waals surface area contributed by atoms with E-state index in [-0.39, 0.29) is 11.9 Å². The molecule has 0 spiro atoms. The van der Waals surface area contributed by atoms with E-state index in [1.54, 1.807) is 0 Å². The Morgan fingerprint density at radius 2 is 2.05 bits per heavy atom. The fourth-order valence-electron chi connectivity index (χ4n) is 2.66. The Morgan fingerprint density at radius 1 is 1.43 bits per heavy atom. The van der Waals surface area contributed by atoms with Gasteiger partial charge in [0.15, 0.2) is 0 Å². The quantitative estimate of drug-likeness (QED) is 0.811. The van der Waals surface area contributed by atoms with Gasteiger partial charge in [-0.3, -0.25) is 9.69 Å². The van der Waals surface area contributed by atoms with E-state index >= 15 is 0 Å². The molecule has 1 aromatic rings. The normalized spacial score (nSPS) is 18.2. The summed E-state index contributed by atoms with van der Waals surface area (Å²) >= 11 is 0. The molecule has 2 rings (SSSR count). The number of aryl methyl sites for hydroxylation is 1. The molecule has 114 valence electrons. The number of carbonyl (C=O) groups excluding carboxylic acids is 1. The number of piperidine rings is 1. The fraction of sp³-hybridized carbons (Fsp3) is 0.471. The van der Waals surface area contributed by atoms with Crippen molar-refractivity contribution in [3.63, 3.8) is 0 Å². The molecule has 1 heterocycles. The van der Waals surface area contributed by atoms with Crippen molar-refractivity contribution in [1.82, 2.24) is 10.2 Å². The molecule has 4 nitrogen and oxygen atoms in total. The maximum atomic E-state index is 12.2. The molecule has 0 aromatic heterocycles. The molecular weight excluding hydrogens is 262 g/mol. The summed E-state index contributed by atoms with van der Waals surface area (Å²) in [6, 6.07) is 7.46. The maximum Gasteiger partial charge on any atom is 0.241 e. The van der Waals surface area contributed by atoms with Gasteiger partial charge >= 0.3 is 0 Å². The van der Waals surface area contributed by atoms with Crippen molar-refractivity contribution in [2.75, 3.05) is 19.6 Å². The molecule has 0 radical (unpaired) electrons. The van der Waals surface area contributed by atoms with Gasteiger partial charge in [-0.15, -0.1) is 6.58 Å². The largest absolute Gasteiger partial charge is 0.352 e. The van der Waals surface area contributed by atoms with Crippen molar-refractivity contribution >= 4 is 5.91 Å². The third-order valence-electron chi connectivity index (χ3n) is 4.04. The van der Waals surface area contributed by atoms with Crippen LogP contribution in [0.3, 0.4) is 0 Å². The molecule has 4 heteroatoms. The molecular formula is C17H25N3O. The number of carbonyl (C=O) groups is 1. The van der Waals surface area contributed by atoms with E-state index in [4.69, 9.17) is 5.73 Å². The predicted octanol–water partition coefficient (Wildman–Crippen LogP) is 1.76. The van der Waals surface area contributed by atoms with Gasteiger partial charge in [-0.1, -0.05) is 35.9 Å². The van der Waals surface area contributed by atoms with Crippen molar-refractivity contribution in [3.05, 3.63) is 48.0 Å². The smallest absolute Gasteiger partial charge is 0.241 e. The zero-order valence-corrected chi connectivity index (χ0v) is 12.7. The number of likely N-dealkylation sites (tertiary alicyclic amines) is 1. The maximum absolute atomic E-state index is 12.2. The molecule has 1 aromatic carbocycles. The summed E-state index contributed by atoms with van der Waals surface area (Å²) < 4.78 is 0. The van der Waals surface area contributed by atoms with Crippen LogP contribution in [-0.4, -0.2) is 36.5 Å². The number of benzene rings is 1. The lowest BCUT2D eigenvalue weighted by Crippen LogP contribution is -2.47. The topological polar surface area (TPSA) is 58.4 Å². The van der Waals surface area contributed by atoms with E-state index < -0.39 is 6.04 Å². The van der Waals surface area contributed by atoms with E-state index in [0.29, 0.717) is 0 Å². The molecule has 0 bridgehead atoms. The highest BCUT2D eigenvalue weighted by atomic mass is 16.2. The van der Waals surface area contributed by atoms with Gasteiger partial charge in [0.25, 0.3) is 0 Å². The van der Waals surface area contributed by atoms with Gasteiger partial charge in [-0.2, -0.15) is 0 Å². The monoisotopic (exact) mass is 287 g/mol. The van der Waals surface area contributed by atoms with Gasteiger partial charge in [0, 0.05) is 25.7 Å². The second-order valence-corrected chi connectivity index (χ2v) is 5.76. The van der Waals surface area contributed by atoms with E-state index in [2.05, 4.69) is 16.8 Å². The van der Waals surface area contributed by atoms with E-state index in [0.717, 1.165) is 38.0 Å². The summed E-state index contributed by atoms with van der Waals surface area (Å²) in [4.78, 5) is 14.6. The van der Waals surface area contributed by atoms with Gasteiger partial charge in [0.05, 0.1) is 0 Å². The molecule has 0 saturated carbocycles. The lowest BCUT2D eigenvalue weighted by Gasteiger charge is -2.32. The lowest BCUT2D eigenvalue weighted by molar-refractivity contribution is -0.123. The number of nitrogens with two attached hydrogens (primary N) is 1. The molecule has 1 unspecified atom stereocenters. The molecule has 1 aliphatic heterocycles. The van der Waals surface area contributed by atoms with Crippen molar-refractivity contribution in [1.29, 1.82) is 0 Å². The number of rotatable bonds is 5. The first-order valence-electron chi connectivity index (χ1n) is 7.56. The van der Waals surface area contributed by atoms with Crippen LogP contribution in [0.15, 0.2) is 36.9 Å². The summed E-state index contributed by atoms with van der Waals surface area (Å²) in [5, 5.41) is 3.08. The first-order chi connectivity index (χ1) is 10.1. The van der Waals surface area contributed by atoms with Gasteiger partial charge in [-0.05, 0) is 25.3 Å². The minimum absolute atomic E-state index is 0.0824. The molecule has 1 fully saturated rings. The lowest BCUT2D eigenvalue weighted by atomic mass is 10.0.